The third-order valence-electron chi connectivity index (χ3n) is 9.97. The molecule has 0 amide bonds. The van der Waals surface area contributed by atoms with Crippen LogP contribution in [-0.4, -0.2) is 18.2 Å². The van der Waals surface area contributed by atoms with Gasteiger partial charge in [0.25, 0.3) is 0 Å². The molecule has 0 aliphatic heterocycles. The van der Waals surface area contributed by atoms with Crippen LogP contribution >= 0.6 is 0 Å². The smallest absolute Gasteiger partial charge is 0.308 e. The molecule has 3 aliphatic carbocycles. The van der Waals surface area contributed by atoms with Crippen molar-refractivity contribution >= 4 is 11.5 Å². The lowest BCUT2D eigenvalue weighted by Gasteiger charge is -2.25. The molecule has 0 bridgehead atoms. The molecule has 3 aromatic carbocycles. The van der Waals surface area contributed by atoms with Gasteiger partial charge < -0.3 is 14.6 Å². The Morgan fingerprint density at radius 2 is 1.73 bits per heavy atom. The van der Waals surface area contributed by atoms with Crippen molar-refractivity contribution in [2.45, 2.75) is 65.4 Å². The summed E-state index contributed by atoms with van der Waals surface area (Å²) in [5, 5.41) is 9.90. The van der Waals surface area contributed by atoms with Gasteiger partial charge in [-0.15, -0.1) is 0 Å². The van der Waals surface area contributed by atoms with Crippen molar-refractivity contribution in [2.24, 2.45) is 16.7 Å². The zero-order chi connectivity index (χ0) is 28.4. The number of ether oxygens (including phenoxy) is 2. The van der Waals surface area contributed by atoms with Gasteiger partial charge >= 0.3 is 5.97 Å². The van der Waals surface area contributed by atoms with Crippen LogP contribution < -0.4 is 9.47 Å². The minimum Gasteiger partial charge on any atom is -0.497 e. The van der Waals surface area contributed by atoms with Gasteiger partial charge in [0.05, 0.1) is 13.0 Å². The van der Waals surface area contributed by atoms with Crippen molar-refractivity contribution in [3.8, 4) is 22.6 Å². The van der Waals surface area contributed by atoms with Crippen LogP contribution in [0.15, 0.2) is 60.7 Å². The molecule has 0 aromatic heterocycles. The molecule has 1 fully saturated rings. The minimum absolute atomic E-state index is 0.0182. The normalized spacial score (nSPS) is 23.6. The van der Waals surface area contributed by atoms with Crippen LogP contribution in [0.1, 0.15) is 69.2 Å². The van der Waals surface area contributed by atoms with Crippen molar-refractivity contribution in [3.05, 3.63) is 88.7 Å². The van der Waals surface area contributed by atoms with Crippen molar-refractivity contribution in [1.29, 1.82) is 0 Å². The van der Waals surface area contributed by atoms with Crippen molar-refractivity contribution in [3.63, 3.8) is 0 Å². The number of benzene rings is 3. The number of carbonyl (C=O) groups is 1. The van der Waals surface area contributed by atoms with E-state index in [2.05, 4.69) is 52.0 Å². The SMILES string of the molecule is COc1ccc(F)c(-c2ccc(COc3ccc4c(c3)[C@@]3(CC4)[C@H](C(=O)O)C3(C)C)cc2C2=CCCC2(C)C)c1. The molecule has 1 spiro atoms. The molecule has 0 saturated heterocycles. The van der Waals surface area contributed by atoms with Crippen molar-refractivity contribution < 1.29 is 23.8 Å². The average molecular weight is 541 g/mol. The van der Waals surface area contributed by atoms with Crippen LogP contribution in [0.4, 0.5) is 4.39 Å². The number of carboxylic acids is 1. The number of hydrogen-bond donors (Lipinski definition) is 1. The highest BCUT2D eigenvalue weighted by Crippen LogP contribution is 2.74. The van der Waals surface area contributed by atoms with Gasteiger partial charge in [0.15, 0.2) is 0 Å². The molecule has 0 unspecified atom stereocenters. The highest BCUT2D eigenvalue weighted by Gasteiger charge is 2.76. The Morgan fingerprint density at radius 1 is 0.950 bits per heavy atom. The molecule has 0 radical (unpaired) electrons. The number of fused-ring (bicyclic) bond motifs is 2. The van der Waals surface area contributed by atoms with E-state index >= 15 is 4.39 Å². The number of carboxylic acid groups (broad SMARTS) is 1. The van der Waals surface area contributed by atoms with E-state index in [9.17, 15) is 9.90 Å². The summed E-state index contributed by atoms with van der Waals surface area (Å²) in [6.45, 7) is 8.98. The van der Waals surface area contributed by atoms with E-state index in [1.807, 2.05) is 18.2 Å². The Labute approximate surface area is 235 Å². The lowest BCUT2D eigenvalue weighted by Crippen LogP contribution is -2.13. The molecular weight excluding hydrogens is 503 g/mol. The van der Waals surface area contributed by atoms with Gasteiger partial charge in [-0.2, -0.15) is 0 Å². The molecule has 1 N–H and O–H groups in total. The summed E-state index contributed by atoms with van der Waals surface area (Å²) in [4.78, 5) is 12.1. The van der Waals surface area contributed by atoms with Gasteiger partial charge in [-0.05, 0) is 106 Å². The zero-order valence-corrected chi connectivity index (χ0v) is 23.9. The highest BCUT2D eigenvalue weighted by atomic mass is 19.1. The number of rotatable bonds is 7. The summed E-state index contributed by atoms with van der Waals surface area (Å²) in [6, 6.07) is 17.1. The number of allylic oxidation sites excluding steroid dienone is 2. The lowest BCUT2D eigenvalue weighted by molar-refractivity contribution is -0.139. The van der Waals surface area contributed by atoms with E-state index in [-0.39, 0.29) is 28.0 Å². The highest BCUT2D eigenvalue weighted by molar-refractivity contribution is 5.85. The van der Waals surface area contributed by atoms with Crippen molar-refractivity contribution in [1.82, 2.24) is 0 Å². The van der Waals surface area contributed by atoms with Gasteiger partial charge in [-0.3, -0.25) is 4.79 Å². The zero-order valence-electron chi connectivity index (χ0n) is 23.9. The number of aryl methyl sites for hydroxylation is 1. The van der Waals surface area contributed by atoms with E-state index in [1.54, 1.807) is 19.2 Å². The Hall–Kier alpha value is -3.60. The minimum atomic E-state index is -0.714. The maximum atomic E-state index is 15.1. The standard InChI is InChI=1S/C35H37FO4/c1-33(2)15-6-7-28(33)26-17-21(8-12-25(26)27-18-23(39-5)11-13-30(27)36)20-40-24-10-9-22-14-16-35(29(22)19-24)31(32(37)38)34(35,3)4/h7-13,17-19,31H,6,14-16,20H2,1-5H3,(H,37,38)/t31-,35+/m1/s1. The van der Waals surface area contributed by atoms with E-state index in [0.717, 1.165) is 53.7 Å². The third kappa shape index (κ3) is 3.96. The summed E-state index contributed by atoms with van der Waals surface area (Å²) in [7, 11) is 1.59. The second-order valence-electron chi connectivity index (χ2n) is 12.8. The van der Waals surface area contributed by atoms with Gasteiger partial charge in [0.2, 0.25) is 0 Å². The maximum absolute atomic E-state index is 15.1. The number of halogens is 1. The fourth-order valence-corrected chi connectivity index (χ4v) is 7.69. The topological polar surface area (TPSA) is 55.8 Å². The second kappa shape index (κ2) is 9.22. The summed E-state index contributed by atoms with van der Waals surface area (Å²) in [6.07, 6.45) is 6.09. The van der Waals surface area contributed by atoms with E-state index in [4.69, 9.17) is 9.47 Å². The molecule has 2 atom stereocenters. The first-order valence-electron chi connectivity index (χ1n) is 14.2. The number of hydrogen-bond acceptors (Lipinski definition) is 3. The molecule has 3 aromatic rings. The third-order valence-corrected chi connectivity index (χ3v) is 9.97. The monoisotopic (exact) mass is 540 g/mol. The number of methoxy groups -OCH3 is 1. The maximum Gasteiger partial charge on any atom is 0.308 e. The average Bonchev–Trinajstić information content (AvgIpc) is 3.16. The second-order valence-corrected chi connectivity index (χ2v) is 12.8. The summed E-state index contributed by atoms with van der Waals surface area (Å²) >= 11 is 0. The molecular formula is C35H37FO4. The molecule has 4 nitrogen and oxygen atoms in total. The first kappa shape index (κ1) is 26.6. The van der Waals surface area contributed by atoms with Crippen LogP contribution in [-0.2, 0) is 23.2 Å². The molecule has 5 heteroatoms. The summed E-state index contributed by atoms with van der Waals surface area (Å²) in [5.74, 6) is 0.00163. The largest absolute Gasteiger partial charge is 0.497 e. The van der Waals surface area contributed by atoms with E-state index in [1.165, 1.54) is 17.2 Å². The van der Waals surface area contributed by atoms with Crippen LogP contribution in [0.5, 0.6) is 11.5 Å². The van der Waals surface area contributed by atoms with E-state index in [0.29, 0.717) is 17.9 Å². The summed E-state index contributed by atoms with van der Waals surface area (Å²) in [5.41, 5.74) is 6.36. The van der Waals surface area contributed by atoms with Crippen molar-refractivity contribution in [2.75, 3.05) is 7.11 Å². The summed E-state index contributed by atoms with van der Waals surface area (Å²) < 4.78 is 26.8. The first-order valence-corrected chi connectivity index (χ1v) is 14.2. The van der Waals surface area contributed by atoms with Gasteiger partial charge in [-0.1, -0.05) is 52.0 Å². The fraction of sp³-hybridized carbons (Fsp3) is 0.400. The molecule has 40 heavy (non-hydrogen) atoms. The Bertz CT molecular complexity index is 1550. The molecule has 6 rings (SSSR count). The lowest BCUT2D eigenvalue weighted by atomic mass is 9.79. The number of aliphatic carboxylic acids is 1. The quantitative estimate of drug-likeness (QED) is 0.328. The van der Waals surface area contributed by atoms with Gasteiger partial charge in [0.1, 0.15) is 23.9 Å². The molecule has 0 heterocycles. The Morgan fingerprint density at radius 3 is 2.40 bits per heavy atom. The fourth-order valence-electron chi connectivity index (χ4n) is 7.69. The van der Waals surface area contributed by atoms with Crippen LogP contribution in [0, 0.1) is 22.6 Å². The van der Waals surface area contributed by atoms with E-state index < -0.39 is 5.97 Å². The first-order chi connectivity index (χ1) is 19.0. The molecule has 1 saturated carbocycles. The van der Waals surface area contributed by atoms with Crippen LogP contribution in [0.3, 0.4) is 0 Å². The van der Waals surface area contributed by atoms with Gasteiger partial charge in [0, 0.05) is 11.0 Å². The molecule has 208 valence electrons. The van der Waals surface area contributed by atoms with Crippen LogP contribution in [0.2, 0.25) is 0 Å². The predicted molar refractivity (Wildman–Crippen MR) is 155 cm³/mol. The molecule has 3 aliphatic rings. The van der Waals surface area contributed by atoms with Crippen LogP contribution in [0.25, 0.3) is 16.7 Å². The Kier molecular flexibility index (Phi) is 6.14. The van der Waals surface area contributed by atoms with Gasteiger partial charge in [-0.25, -0.2) is 4.39 Å². The Balaban J connectivity index is 1.32. The predicted octanol–water partition coefficient (Wildman–Crippen LogP) is 8.21.